The molecule has 5 nitrogen and oxygen atoms in total. The quantitative estimate of drug-likeness (QED) is 0.857. The van der Waals surface area contributed by atoms with Crippen molar-refractivity contribution in [1.82, 2.24) is 14.5 Å². The van der Waals surface area contributed by atoms with Crippen molar-refractivity contribution < 1.29 is 4.79 Å². The predicted molar refractivity (Wildman–Crippen MR) is 81.6 cm³/mol. The summed E-state index contributed by atoms with van der Waals surface area (Å²) in [6.07, 6.45) is 2.59. The number of fused-ring (bicyclic) bond motifs is 1. The van der Waals surface area contributed by atoms with Crippen LogP contribution in [0.4, 0.5) is 0 Å². The van der Waals surface area contributed by atoms with Gasteiger partial charge < -0.3 is 4.90 Å². The molecule has 0 aliphatic heterocycles. The lowest BCUT2D eigenvalue weighted by atomic mass is 10.2. The van der Waals surface area contributed by atoms with Crippen LogP contribution < -0.4 is 5.56 Å². The highest BCUT2D eigenvalue weighted by Crippen LogP contribution is 2.14. The molecule has 0 atom stereocenters. The molecule has 0 saturated carbocycles. The monoisotopic (exact) mass is 337 g/mol. The summed E-state index contributed by atoms with van der Waals surface area (Å²) in [5, 5.41) is 0.592. The molecule has 20 heavy (non-hydrogen) atoms. The summed E-state index contributed by atoms with van der Waals surface area (Å²) in [6.45, 7) is 0.497. The van der Waals surface area contributed by atoms with Crippen LogP contribution in [0, 0.1) is 0 Å². The molecule has 0 aliphatic rings. The third kappa shape index (κ3) is 3.25. The van der Waals surface area contributed by atoms with Gasteiger partial charge in [-0.1, -0.05) is 15.9 Å². The van der Waals surface area contributed by atoms with Crippen LogP contribution in [-0.2, 0) is 11.3 Å². The molecule has 0 saturated heterocycles. The minimum Gasteiger partial charge on any atom is -0.349 e. The zero-order valence-corrected chi connectivity index (χ0v) is 13.1. The van der Waals surface area contributed by atoms with Gasteiger partial charge >= 0.3 is 0 Å². The van der Waals surface area contributed by atoms with Gasteiger partial charge in [0.15, 0.2) is 0 Å². The van der Waals surface area contributed by atoms with Gasteiger partial charge in [0.05, 0.1) is 17.2 Å². The van der Waals surface area contributed by atoms with Gasteiger partial charge in [0.25, 0.3) is 5.56 Å². The third-order valence-electron chi connectivity index (χ3n) is 3.08. The Morgan fingerprint density at radius 3 is 2.85 bits per heavy atom. The molecule has 0 aliphatic carbocycles. The second kappa shape index (κ2) is 6.17. The maximum Gasteiger partial charge on any atom is 0.261 e. The van der Waals surface area contributed by atoms with Gasteiger partial charge in [0, 0.05) is 31.5 Å². The summed E-state index contributed by atoms with van der Waals surface area (Å²) < 4.78 is 2.45. The van der Waals surface area contributed by atoms with Gasteiger partial charge in [-0.05, 0) is 24.6 Å². The van der Waals surface area contributed by atoms with Crippen LogP contribution in [0.25, 0.3) is 10.9 Å². The lowest BCUT2D eigenvalue weighted by Gasteiger charge is -2.10. The van der Waals surface area contributed by atoms with Gasteiger partial charge in [0.2, 0.25) is 5.91 Å². The minimum absolute atomic E-state index is 0.0655. The zero-order chi connectivity index (χ0) is 14.7. The Balaban J connectivity index is 2.16. The lowest BCUT2D eigenvalue weighted by molar-refractivity contribution is -0.128. The standard InChI is InChI=1S/C14H16BrN3O2/c1-17(2)13(19)4-3-7-18-9-16-12-8-10(15)5-6-11(12)14(18)20/h5-6,8-9H,3-4,7H2,1-2H3. The Labute approximate surface area is 125 Å². The zero-order valence-electron chi connectivity index (χ0n) is 11.5. The van der Waals surface area contributed by atoms with Crippen LogP contribution >= 0.6 is 15.9 Å². The minimum atomic E-state index is -0.0696. The molecule has 1 aromatic carbocycles. The van der Waals surface area contributed by atoms with E-state index in [1.54, 1.807) is 29.6 Å². The predicted octanol–water partition coefficient (Wildman–Crippen LogP) is 2.03. The van der Waals surface area contributed by atoms with Crippen molar-refractivity contribution in [2.24, 2.45) is 0 Å². The molecule has 0 radical (unpaired) electrons. The van der Waals surface area contributed by atoms with Crippen molar-refractivity contribution in [3.05, 3.63) is 39.4 Å². The van der Waals surface area contributed by atoms with Crippen LogP contribution in [0.3, 0.4) is 0 Å². The molecule has 1 amide bonds. The first kappa shape index (κ1) is 14.7. The molecule has 1 heterocycles. The second-order valence-corrected chi connectivity index (χ2v) is 5.71. The number of hydrogen-bond donors (Lipinski definition) is 0. The Morgan fingerprint density at radius 1 is 1.40 bits per heavy atom. The molecule has 0 spiro atoms. The summed E-state index contributed by atoms with van der Waals surface area (Å²) in [5.74, 6) is 0.0655. The van der Waals surface area contributed by atoms with E-state index in [1.165, 1.54) is 6.33 Å². The van der Waals surface area contributed by atoms with E-state index in [-0.39, 0.29) is 11.5 Å². The highest BCUT2D eigenvalue weighted by atomic mass is 79.9. The molecule has 1 aromatic heterocycles. The summed E-state index contributed by atoms with van der Waals surface area (Å²) in [6, 6.07) is 5.40. The Bertz CT molecular complexity index is 694. The van der Waals surface area contributed by atoms with E-state index >= 15 is 0 Å². The number of carbonyl (C=O) groups excluding carboxylic acids is 1. The molecule has 0 N–H and O–H groups in total. The van der Waals surface area contributed by atoms with Gasteiger partial charge in [-0.15, -0.1) is 0 Å². The molecular formula is C14H16BrN3O2. The van der Waals surface area contributed by atoms with Crippen molar-refractivity contribution in [2.45, 2.75) is 19.4 Å². The number of halogens is 1. The summed E-state index contributed by atoms with van der Waals surface area (Å²) in [5.41, 5.74) is 0.602. The normalized spacial score (nSPS) is 10.8. The molecule has 0 bridgehead atoms. The van der Waals surface area contributed by atoms with Crippen LogP contribution in [-0.4, -0.2) is 34.5 Å². The number of rotatable bonds is 4. The number of carbonyl (C=O) groups is 1. The fourth-order valence-corrected chi connectivity index (χ4v) is 2.26. The molecule has 2 aromatic rings. The summed E-state index contributed by atoms with van der Waals surface area (Å²) >= 11 is 3.36. The van der Waals surface area contributed by atoms with Crippen molar-refractivity contribution in [2.75, 3.05) is 14.1 Å². The lowest BCUT2D eigenvalue weighted by Crippen LogP contribution is -2.24. The molecular weight excluding hydrogens is 322 g/mol. The van der Waals surface area contributed by atoms with Gasteiger partial charge in [-0.2, -0.15) is 0 Å². The largest absolute Gasteiger partial charge is 0.349 e. The number of benzene rings is 1. The maximum absolute atomic E-state index is 12.3. The number of amides is 1. The van der Waals surface area contributed by atoms with Crippen molar-refractivity contribution >= 4 is 32.7 Å². The van der Waals surface area contributed by atoms with Crippen molar-refractivity contribution in [3.63, 3.8) is 0 Å². The first-order valence-corrected chi connectivity index (χ1v) is 7.13. The number of hydrogen-bond acceptors (Lipinski definition) is 3. The SMILES string of the molecule is CN(C)C(=O)CCCn1cnc2cc(Br)ccc2c1=O. The fraction of sp³-hybridized carbons (Fsp3) is 0.357. The van der Waals surface area contributed by atoms with Crippen LogP contribution in [0.2, 0.25) is 0 Å². The van der Waals surface area contributed by atoms with Gasteiger partial charge in [0.1, 0.15) is 0 Å². The molecule has 6 heteroatoms. The Kier molecular flexibility index (Phi) is 4.54. The maximum atomic E-state index is 12.3. The highest BCUT2D eigenvalue weighted by Gasteiger charge is 2.07. The van der Waals surface area contributed by atoms with E-state index in [9.17, 15) is 9.59 Å². The van der Waals surface area contributed by atoms with E-state index < -0.39 is 0 Å². The smallest absolute Gasteiger partial charge is 0.261 e. The first-order valence-electron chi connectivity index (χ1n) is 6.34. The molecule has 0 unspecified atom stereocenters. The van der Waals surface area contributed by atoms with E-state index in [0.717, 1.165) is 4.47 Å². The van der Waals surface area contributed by atoms with Gasteiger partial charge in [-0.3, -0.25) is 14.2 Å². The molecule has 106 valence electrons. The van der Waals surface area contributed by atoms with Crippen LogP contribution in [0.15, 0.2) is 33.8 Å². The van der Waals surface area contributed by atoms with E-state index in [0.29, 0.717) is 30.3 Å². The summed E-state index contributed by atoms with van der Waals surface area (Å²) in [4.78, 5) is 29.6. The van der Waals surface area contributed by atoms with Crippen molar-refractivity contribution in [1.29, 1.82) is 0 Å². The second-order valence-electron chi connectivity index (χ2n) is 4.80. The third-order valence-corrected chi connectivity index (χ3v) is 3.57. The highest BCUT2D eigenvalue weighted by molar-refractivity contribution is 9.10. The molecule has 0 fully saturated rings. The number of nitrogens with zero attached hydrogens (tertiary/aromatic N) is 3. The Hall–Kier alpha value is -1.69. The van der Waals surface area contributed by atoms with Crippen molar-refractivity contribution in [3.8, 4) is 0 Å². The van der Waals surface area contributed by atoms with Gasteiger partial charge in [-0.25, -0.2) is 4.98 Å². The van der Waals surface area contributed by atoms with Crippen LogP contribution in [0.1, 0.15) is 12.8 Å². The van der Waals surface area contributed by atoms with Crippen LogP contribution in [0.5, 0.6) is 0 Å². The topological polar surface area (TPSA) is 55.2 Å². The Morgan fingerprint density at radius 2 is 2.15 bits per heavy atom. The number of aromatic nitrogens is 2. The number of aryl methyl sites for hydroxylation is 1. The average Bonchev–Trinajstić information content (AvgIpc) is 2.41. The average molecular weight is 338 g/mol. The summed E-state index contributed by atoms with van der Waals surface area (Å²) in [7, 11) is 3.45. The van der Waals surface area contributed by atoms with E-state index in [4.69, 9.17) is 0 Å². The van der Waals surface area contributed by atoms with E-state index in [2.05, 4.69) is 20.9 Å². The molecule has 2 rings (SSSR count). The first-order chi connectivity index (χ1) is 9.49. The fourth-order valence-electron chi connectivity index (χ4n) is 1.92. The van der Waals surface area contributed by atoms with E-state index in [1.807, 2.05) is 12.1 Å².